The lowest BCUT2D eigenvalue weighted by Gasteiger charge is -2.29. The van der Waals surface area contributed by atoms with Gasteiger partial charge in [0.2, 0.25) is 0 Å². The number of thiophene rings is 1. The van der Waals surface area contributed by atoms with Gasteiger partial charge >= 0.3 is 0 Å². The van der Waals surface area contributed by atoms with E-state index >= 15 is 0 Å². The van der Waals surface area contributed by atoms with Crippen LogP contribution in [0.25, 0.3) is 21.3 Å². The van der Waals surface area contributed by atoms with Crippen LogP contribution in [0.4, 0.5) is 4.39 Å². The highest BCUT2D eigenvalue weighted by molar-refractivity contribution is 7.17. The van der Waals surface area contributed by atoms with Gasteiger partial charge in [-0.05, 0) is 56.3 Å². The van der Waals surface area contributed by atoms with Gasteiger partial charge in [-0.3, -0.25) is 9.59 Å². The van der Waals surface area contributed by atoms with Gasteiger partial charge in [-0.15, -0.1) is 11.3 Å². The number of benzene rings is 2. The van der Waals surface area contributed by atoms with Gasteiger partial charge in [-0.25, -0.2) is 9.37 Å². The van der Waals surface area contributed by atoms with Crippen molar-refractivity contribution in [3.8, 4) is 22.8 Å². The molecule has 38 heavy (non-hydrogen) atoms. The lowest BCUT2D eigenvalue weighted by molar-refractivity contribution is 0.0914. The van der Waals surface area contributed by atoms with Crippen LogP contribution in [0, 0.1) is 5.82 Å². The van der Waals surface area contributed by atoms with E-state index in [-0.39, 0.29) is 42.0 Å². The monoisotopic (exact) mass is 532 g/mol. The number of carbonyl (C=O) groups excluding carboxylic acids is 2. The molecule has 0 unspecified atom stereocenters. The molecule has 2 aromatic heterocycles. The van der Waals surface area contributed by atoms with Crippen molar-refractivity contribution >= 4 is 33.0 Å². The largest absolute Gasteiger partial charge is 0.493 e. The van der Waals surface area contributed by atoms with Crippen LogP contribution < -0.4 is 9.47 Å². The Morgan fingerprint density at radius 3 is 2.58 bits per heavy atom. The first kappa shape index (κ1) is 26.0. The minimum Gasteiger partial charge on any atom is -0.493 e. The minimum atomic E-state index is -0.275. The predicted octanol–water partition coefficient (Wildman–Crippen LogP) is 6.43. The van der Waals surface area contributed by atoms with E-state index in [1.165, 1.54) is 17.4 Å². The van der Waals surface area contributed by atoms with Crippen LogP contribution in [-0.4, -0.2) is 54.8 Å². The summed E-state index contributed by atoms with van der Waals surface area (Å²) in [4.78, 5) is 32.6. The van der Waals surface area contributed by atoms with Crippen molar-refractivity contribution in [3.63, 3.8) is 0 Å². The van der Waals surface area contributed by atoms with Crippen LogP contribution in [0.1, 0.15) is 46.5 Å². The van der Waals surface area contributed by atoms with Gasteiger partial charge in [-0.1, -0.05) is 18.2 Å². The summed E-state index contributed by atoms with van der Waals surface area (Å²) in [5.74, 6) is 0.479. The number of piperidine rings is 1. The van der Waals surface area contributed by atoms with E-state index in [1.807, 2.05) is 11.4 Å². The Labute approximate surface area is 225 Å². The molecular formula is C30H29FN2O4S. The first-order valence-electron chi connectivity index (χ1n) is 12.7. The number of rotatable bonds is 9. The third-order valence-electron chi connectivity index (χ3n) is 6.89. The van der Waals surface area contributed by atoms with Crippen LogP contribution in [0.3, 0.4) is 0 Å². The smallest absolute Gasteiger partial charge is 0.181 e. The lowest BCUT2D eigenvalue weighted by Crippen LogP contribution is -2.35. The van der Waals surface area contributed by atoms with Crippen LogP contribution >= 0.6 is 11.3 Å². The van der Waals surface area contributed by atoms with Crippen LogP contribution in [0.15, 0.2) is 60.0 Å². The van der Waals surface area contributed by atoms with E-state index in [1.54, 1.807) is 49.6 Å². The first-order valence-corrected chi connectivity index (χ1v) is 13.5. The molecule has 8 heteroatoms. The molecule has 0 N–H and O–H groups in total. The zero-order chi connectivity index (χ0) is 26.6. The number of methoxy groups -OCH3 is 1. The molecule has 1 aliphatic rings. The van der Waals surface area contributed by atoms with Crippen LogP contribution in [-0.2, 0) is 0 Å². The Balaban J connectivity index is 1.24. The molecule has 3 heterocycles. The minimum absolute atomic E-state index is 0.0322. The summed E-state index contributed by atoms with van der Waals surface area (Å²) < 4.78 is 26.3. The molecule has 0 aliphatic carbocycles. The number of Topliss-reactive ketones (excluding diaryl/α,β-unsaturated/α-hetero) is 2. The Morgan fingerprint density at radius 2 is 1.79 bits per heavy atom. The average molecular weight is 533 g/mol. The molecule has 0 amide bonds. The number of hydrogen-bond donors (Lipinski definition) is 0. The third-order valence-corrected chi connectivity index (χ3v) is 7.89. The zero-order valence-electron chi connectivity index (χ0n) is 21.4. The second kappa shape index (κ2) is 11.4. The number of nitrogens with zero attached hydrogens (tertiary/aromatic N) is 2. The summed E-state index contributed by atoms with van der Waals surface area (Å²) in [5.41, 5.74) is 2.14. The molecule has 1 saturated heterocycles. The topological polar surface area (TPSA) is 68.7 Å². The standard InChI is InChI=1S/C30H29FN2O4S/c1-33-15-13-20(14-16-33)37-28-12-9-19(17-29(28)36-2)26(34)10-11-27(35)25-8-4-7-24(32-25)22-18-38-30-21(22)5-3-6-23(30)31/h3-9,12,17-18,20H,10-11,13-16H2,1-2H3. The van der Waals surface area contributed by atoms with E-state index in [4.69, 9.17) is 9.47 Å². The van der Waals surface area contributed by atoms with Crippen LogP contribution in [0.2, 0.25) is 0 Å². The Kier molecular flexibility index (Phi) is 7.81. The van der Waals surface area contributed by atoms with Gasteiger partial charge in [0.05, 0.1) is 17.5 Å². The summed E-state index contributed by atoms with van der Waals surface area (Å²) in [6.07, 6.45) is 2.09. The van der Waals surface area contributed by atoms with E-state index in [0.717, 1.165) is 36.9 Å². The highest BCUT2D eigenvalue weighted by atomic mass is 32.1. The molecule has 5 rings (SSSR count). The quantitative estimate of drug-likeness (QED) is 0.232. The van der Waals surface area contributed by atoms with Crippen molar-refractivity contribution in [2.45, 2.75) is 31.8 Å². The van der Waals surface area contributed by atoms with Crippen molar-refractivity contribution in [3.05, 3.63) is 77.1 Å². The first-order chi connectivity index (χ1) is 18.4. The molecular weight excluding hydrogens is 503 g/mol. The molecule has 6 nitrogen and oxygen atoms in total. The van der Waals surface area contributed by atoms with E-state index in [9.17, 15) is 14.0 Å². The SMILES string of the molecule is COc1cc(C(=O)CCC(=O)c2cccc(-c3csc4c(F)cccc34)n2)ccc1OC1CCN(C)CC1. The fourth-order valence-corrected chi connectivity index (χ4v) is 5.65. The lowest BCUT2D eigenvalue weighted by atomic mass is 10.0. The molecule has 0 saturated carbocycles. The summed E-state index contributed by atoms with van der Waals surface area (Å²) in [6, 6.07) is 15.3. The number of hydrogen-bond acceptors (Lipinski definition) is 7. The highest BCUT2D eigenvalue weighted by Gasteiger charge is 2.21. The normalized spacial score (nSPS) is 14.5. The molecule has 2 aromatic carbocycles. The van der Waals surface area contributed by atoms with Gasteiger partial charge in [0.15, 0.2) is 23.1 Å². The number of likely N-dealkylation sites (tertiary alicyclic amines) is 1. The predicted molar refractivity (Wildman–Crippen MR) is 147 cm³/mol. The van der Waals surface area contributed by atoms with Crippen molar-refractivity contribution in [2.75, 3.05) is 27.2 Å². The summed E-state index contributed by atoms with van der Waals surface area (Å²) in [7, 11) is 3.65. The molecule has 0 atom stereocenters. The maximum atomic E-state index is 14.1. The average Bonchev–Trinajstić information content (AvgIpc) is 3.38. The Bertz CT molecular complexity index is 1480. The van der Waals surface area contributed by atoms with E-state index in [0.29, 0.717) is 27.5 Å². The molecule has 0 bridgehead atoms. The van der Waals surface area contributed by atoms with Gasteiger partial charge in [-0.2, -0.15) is 0 Å². The highest BCUT2D eigenvalue weighted by Crippen LogP contribution is 2.35. The maximum absolute atomic E-state index is 14.1. The van der Waals surface area contributed by atoms with E-state index in [2.05, 4.69) is 16.9 Å². The molecule has 1 fully saturated rings. The third kappa shape index (κ3) is 5.61. The fraction of sp³-hybridized carbons (Fsp3) is 0.300. The molecule has 196 valence electrons. The summed E-state index contributed by atoms with van der Waals surface area (Å²) >= 11 is 1.31. The maximum Gasteiger partial charge on any atom is 0.181 e. The molecule has 0 radical (unpaired) electrons. The summed E-state index contributed by atoms with van der Waals surface area (Å²) in [6.45, 7) is 1.97. The number of pyridine rings is 1. The van der Waals surface area contributed by atoms with Gasteiger partial charge in [0.1, 0.15) is 17.6 Å². The molecule has 0 spiro atoms. The number of carbonyl (C=O) groups is 2. The van der Waals surface area contributed by atoms with Crippen LogP contribution in [0.5, 0.6) is 11.5 Å². The number of fused-ring (bicyclic) bond motifs is 1. The summed E-state index contributed by atoms with van der Waals surface area (Å²) in [5, 5.41) is 2.61. The second-order valence-electron chi connectivity index (χ2n) is 9.51. The van der Waals surface area contributed by atoms with Crippen molar-refractivity contribution in [2.24, 2.45) is 0 Å². The number of halogens is 1. The fourth-order valence-electron chi connectivity index (χ4n) is 4.68. The van der Waals surface area contributed by atoms with Crippen molar-refractivity contribution in [1.82, 2.24) is 9.88 Å². The molecule has 4 aromatic rings. The van der Waals surface area contributed by atoms with E-state index < -0.39 is 0 Å². The second-order valence-corrected chi connectivity index (χ2v) is 10.4. The Morgan fingerprint density at radius 1 is 1.03 bits per heavy atom. The van der Waals surface area contributed by atoms with Gasteiger partial charge in [0.25, 0.3) is 0 Å². The van der Waals surface area contributed by atoms with Crippen molar-refractivity contribution in [1.29, 1.82) is 0 Å². The van der Waals surface area contributed by atoms with Gasteiger partial charge in [0, 0.05) is 47.8 Å². The molecule has 1 aliphatic heterocycles. The number of ether oxygens (including phenoxy) is 2. The van der Waals surface area contributed by atoms with Gasteiger partial charge < -0.3 is 14.4 Å². The Hall–Kier alpha value is -3.62. The van der Waals surface area contributed by atoms with Crippen molar-refractivity contribution < 1.29 is 23.5 Å². The number of aromatic nitrogens is 1. The zero-order valence-corrected chi connectivity index (χ0v) is 22.2. The number of ketones is 2.